The Morgan fingerprint density at radius 2 is 0.723 bits per heavy atom. The van der Waals surface area contributed by atoms with Gasteiger partial charge in [0.05, 0.1) is 15.5 Å². The molecular formula is C53H60N6O3S3. The predicted octanol–water partition coefficient (Wildman–Crippen LogP) is 6.85. The number of hydrogen-bond donors (Lipinski definition) is 7. The van der Waals surface area contributed by atoms with Crippen LogP contribution in [0.15, 0.2) is 182 Å². The number of rotatable bonds is 25. The van der Waals surface area contributed by atoms with Crippen LogP contribution >= 0.6 is 36.2 Å². The molecule has 3 atom stereocenters. The van der Waals surface area contributed by atoms with Crippen molar-refractivity contribution in [3.63, 3.8) is 0 Å². The van der Waals surface area contributed by atoms with Gasteiger partial charge in [-0.2, -0.15) is 12.6 Å². The van der Waals surface area contributed by atoms with Gasteiger partial charge in [-0.15, -0.1) is 23.5 Å². The highest BCUT2D eigenvalue weighted by Gasteiger charge is 2.41. The first-order chi connectivity index (χ1) is 31.9. The number of thiol groups is 1. The van der Waals surface area contributed by atoms with Crippen molar-refractivity contribution in [2.45, 2.75) is 27.6 Å². The molecule has 0 aliphatic carbocycles. The van der Waals surface area contributed by atoms with Gasteiger partial charge in [0.2, 0.25) is 17.7 Å². The van der Waals surface area contributed by atoms with Crippen LogP contribution < -0.4 is 31.9 Å². The van der Waals surface area contributed by atoms with Crippen molar-refractivity contribution in [2.75, 3.05) is 57.5 Å². The Kier molecular flexibility index (Phi) is 19.2. The lowest BCUT2D eigenvalue weighted by atomic mass is 9.84. The predicted molar refractivity (Wildman–Crippen MR) is 274 cm³/mol. The Bertz CT molecular complexity index is 2140. The maximum absolute atomic E-state index is 15.2. The molecule has 0 spiro atoms. The molecule has 0 saturated carbocycles. The summed E-state index contributed by atoms with van der Waals surface area (Å²) >= 11 is 7.69. The molecule has 6 aromatic rings. The highest BCUT2D eigenvalue weighted by molar-refractivity contribution is 8.01. The fraction of sp³-hybridized carbons (Fsp3) is 0.264. The van der Waals surface area contributed by atoms with Crippen molar-refractivity contribution in [2.24, 2.45) is 0 Å². The normalized spacial score (nSPS) is 13.0. The average molecular weight is 925 g/mol. The molecule has 9 nitrogen and oxygen atoms in total. The quantitative estimate of drug-likeness (QED) is 0.0189. The summed E-state index contributed by atoms with van der Waals surface area (Å²) < 4.78 is -1.53. The highest BCUT2D eigenvalue weighted by atomic mass is 32.2. The second-order valence-electron chi connectivity index (χ2n) is 15.5. The second-order valence-corrected chi connectivity index (χ2v) is 18.3. The van der Waals surface area contributed by atoms with E-state index in [2.05, 4.69) is 117 Å². The van der Waals surface area contributed by atoms with Crippen LogP contribution in [0.5, 0.6) is 0 Å². The molecule has 6 rings (SSSR count). The van der Waals surface area contributed by atoms with E-state index in [0.717, 1.165) is 33.4 Å². The Morgan fingerprint density at radius 1 is 0.431 bits per heavy atom. The van der Waals surface area contributed by atoms with Crippen LogP contribution in [0.3, 0.4) is 0 Å². The minimum atomic E-state index is -1.06. The lowest BCUT2D eigenvalue weighted by molar-refractivity contribution is -0.131. The molecule has 65 heavy (non-hydrogen) atoms. The number of carbonyl (C=O) groups is 3. The minimum absolute atomic E-state index is 0.162. The summed E-state index contributed by atoms with van der Waals surface area (Å²) in [5, 5.41) is 18.8. The number of benzene rings is 6. The highest BCUT2D eigenvalue weighted by Crippen LogP contribution is 2.50. The first-order valence-corrected chi connectivity index (χ1v) is 24.6. The molecule has 0 aliphatic heterocycles. The molecule has 0 heterocycles. The van der Waals surface area contributed by atoms with Crippen LogP contribution in [0.2, 0.25) is 0 Å². The van der Waals surface area contributed by atoms with E-state index in [0.29, 0.717) is 26.2 Å². The van der Waals surface area contributed by atoms with Gasteiger partial charge in [-0.3, -0.25) is 14.4 Å². The average Bonchev–Trinajstić information content (AvgIpc) is 3.36. The summed E-state index contributed by atoms with van der Waals surface area (Å²) in [6.07, 6.45) is 0. The summed E-state index contributed by atoms with van der Waals surface area (Å²) in [7, 11) is 3.67. The second kappa shape index (κ2) is 25.4. The van der Waals surface area contributed by atoms with Gasteiger partial charge in [-0.1, -0.05) is 182 Å². The third kappa shape index (κ3) is 12.5. The zero-order chi connectivity index (χ0) is 45.7. The zero-order valence-corrected chi connectivity index (χ0v) is 39.5. The molecule has 12 heteroatoms. The van der Waals surface area contributed by atoms with Crippen molar-refractivity contribution in [1.82, 2.24) is 31.9 Å². The van der Waals surface area contributed by atoms with Gasteiger partial charge in [-0.25, -0.2) is 0 Å². The van der Waals surface area contributed by atoms with Gasteiger partial charge in [-0.05, 0) is 47.5 Å². The Morgan fingerprint density at radius 3 is 1.03 bits per heavy atom. The van der Waals surface area contributed by atoms with E-state index in [1.165, 1.54) is 0 Å². The molecule has 338 valence electrons. The number of hydrogen-bond acceptors (Lipinski definition) is 9. The van der Waals surface area contributed by atoms with Crippen molar-refractivity contribution < 1.29 is 14.4 Å². The van der Waals surface area contributed by atoms with Crippen molar-refractivity contribution in [3.8, 4) is 0 Å². The van der Waals surface area contributed by atoms with E-state index in [1.54, 1.807) is 23.5 Å². The van der Waals surface area contributed by atoms with Gasteiger partial charge in [0.1, 0.15) is 12.1 Å². The molecule has 6 N–H and O–H groups in total. The molecule has 0 bridgehead atoms. The Balaban J connectivity index is 1.40. The molecule has 3 amide bonds. The molecular weight excluding hydrogens is 865 g/mol. The van der Waals surface area contributed by atoms with Crippen molar-refractivity contribution in [3.05, 3.63) is 215 Å². The van der Waals surface area contributed by atoms with Gasteiger partial charge >= 0.3 is 0 Å². The largest absolute Gasteiger partial charge is 0.353 e. The molecule has 0 saturated heterocycles. The third-order valence-corrected chi connectivity index (χ3v) is 14.9. The first-order valence-electron chi connectivity index (χ1n) is 22.0. The molecule has 0 aliphatic rings. The lowest BCUT2D eigenvalue weighted by Gasteiger charge is -2.37. The van der Waals surface area contributed by atoms with E-state index in [1.807, 2.05) is 123 Å². The SMILES string of the molecule is CNCCNC(=O)[C@H](CSC(c1ccccc1)(c1ccccc1)c1ccccc1)NC(=O)[C@H](CSC(c1ccccc1)(c1ccccc1)c1ccccc1)NC(=O)C(CS)NCCNC. The van der Waals surface area contributed by atoms with E-state index in [-0.39, 0.29) is 29.1 Å². The lowest BCUT2D eigenvalue weighted by Crippen LogP contribution is -2.58. The molecule has 0 fully saturated rings. The van der Waals surface area contributed by atoms with Gasteiger partial charge < -0.3 is 31.9 Å². The third-order valence-electron chi connectivity index (χ3n) is 11.2. The first kappa shape index (κ1) is 49.1. The summed E-state index contributed by atoms with van der Waals surface area (Å²) in [4.78, 5) is 43.8. The van der Waals surface area contributed by atoms with Crippen LogP contribution in [-0.2, 0) is 23.9 Å². The maximum atomic E-state index is 15.2. The van der Waals surface area contributed by atoms with Crippen molar-refractivity contribution in [1.29, 1.82) is 0 Å². The number of likely N-dealkylation sites (N-methyl/N-ethyl adjacent to an activating group) is 2. The summed E-state index contributed by atoms with van der Waals surface area (Å²) in [6, 6.07) is 58.8. The molecule has 0 radical (unpaired) electrons. The van der Waals surface area contributed by atoms with Gasteiger partial charge in [0, 0.05) is 43.4 Å². The van der Waals surface area contributed by atoms with Crippen LogP contribution in [-0.4, -0.2) is 93.4 Å². The van der Waals surface area contributed by atoms with Crippen LogP contribution in [0, 0.1) is 0 Å². The fourth-order valence-electron chi connectivity index (χ4n) is 7.91. The topological polar surface area (TPSA) is 123 Å². The fourth-order valence-corrected chi connectivity index (χ4v) is 11.3. The van der Waals surface area contributed by atoms with E-state index in [9.17, 15) is 9.59 Å². The van der Waals surface area contributed by atoms with Crippen LogP contribution in [0.1, 0.15) is 33.4 Å². The van der Waals surface area contributed by atoms with Crippen molar-refractivity contribution >= 4 is 53.9 Å². The maximum Gasteiger partial charge on any atom is 0.244 e. The van der Waals surface area contributed by atoms with Gasteiger partial charge in [0.25, 0.3) is 0 Å². The number of amides is 3. The summed E-state index contributed by atoms with van der Waals surface area (Å²) in [5.74, 6) is -0.571. The Labute approximate surface area is 398 Å². The molecule has 1 unspecified atom stereocenters. The standard InChI is InChI=1S/C53H60N6O3S3/c1-54-33-35-56-46(37-63)50(61)59-48(39-65-53(43-27-15-6-16-28-43,44-29-17-7-18-30-44)45-31-19-8-20-32-45)51(62)58-47(49(60)57-36-34-55-2)38-64-52(40-21-9-3-10-22-40,41-23-11-4-12-24-41)42-25-13-5-14-26-42/h3-32,46-48,54-56,63H,33-39H2,1-2H3,(H,57,60)(H,58,62)(H,59,61)/t46?,47-,48-/m0/s1. The Hall–Kier alpha value is -5.34. The zero-order valence-electron chi connectivity index (χ0n) is 37.0. The summed E-state index contributed by atoms with van der Waals surface area (Å²) in [5.41, 5.74) is 6.16. The summed E-state index contributed by atoms with van der Waals surface area (Å²) in [6.45, 7) is 2.07. The van der Waals surface area contributed by atoms with Crippen LogP contribution in [0.4, 0.5) is 0 Å². The smallest absolute Gasteiger partial charge is 0.244 e. The molecule has 6 aromatic carbocycles. The van der Waals surface area contributed by atoms with E-state index in [4.69, 9.17) is 0 Å². The monoisotopic (exact) mass is 924 g/mol. The molecule has 0 aromatic heterocycles. The van der Waals surface area contributed by atoms with E-state index < -0.39 is 33.5 Å². The van der Waals surface area contributed by atoms with Gasteiger partial charge in [0.15, 0.2) is 0 Å². The number of nitrogens with one attached hydrogen (secondary N) is 6. The van der Waals surface area contributed by atoms with E-state index >= 15 is 4.79 Å². The number of thioether (sulfide) groups is 2. The van der Waals surface area contributed by atoms with Crippen LogP contribution in [0.25, 0.3) is 0 Å². The minimum Gasteiger partial charge on any atom is -0.353 e. The number of carbonyl (C=O) groups excluding carboxylic acids is 3.